The number of carbonyl (C=O) groups is 4. The number of carbonyl (C=O) groups excluding carboxylic acids is 2. The van der Waals surface area contributed by atoms with Crippen molar-refractivity contribution >= 4 is 23.9 Å². The fourth-order valence-electron chi connectivity index (χ4n) is 0.898. The van der Waals surface area contributed by atoms with E-state index in [0.29, 0.717) is 0 Å². The lowest BCUT2D eigenvalue weighted by Crippen LogP contribution is -2.49. The molecule has 9 nitrogen and oxygen atoms in total. The van der Waals surface area contributed by atoms with Gasteiger partial charge in [0, 0.05) is 14.1 Å². The fourth-order valence-corrected chi connectivity index (χ4v) is 0.898. The molecule has 1 atom stereocenters. The van der Waals surface area contributed by atoms with Gasteiger partial charge in [0.1, 0.15) is 6.04 Å². The molecule has 0 saturated heterocycles. The van der Waals surface area contributed by atoms with Gasteiger partial charge in [-0.15, -0.1) is 0 Å². The van der Waals surface area contributed by atoms with Crippen molar-refractivity contribution in [1.82, 2.24) is 15.5 Å². The first-order valence-corrected chi connectivity index (χ1v) is 4.93. The van der Waals surface area contributed by atoms with Crippen molar-refractivity contribution in [3.05, 3.63) is 0 Å². The molecule has 3 amide bonds. The van der Waals surface area contributed by atoms with E-state index in [9.17, 15) is 19.2 Å². The van der Waals surface area contributed by atoms with Crippen molar-refractivity contribution in [3.8, 4) is 0 Å². The number of carboxylic acid groups (broad SMARTS) is 2. The Morgan fingerprint density at radius 3 is 2.11 bits per heavy atom. The highest BCUT2D eigenvalue weighted by atomic mass is 16.4. The Bertz CT molecular complexity index is 354. The van der Waals surface area contributed by atoms with Gasteiger partial charge >= 0.3 is 18.0 Å². The number of rotatable bonds is 6. The van der Waals surface area contributed by atoms with Crippen molar-refractivity contribution in [2.24, 2.45) is 0 Å². The van der Waals surface area contributed by atoms with Gasteiger partial charge in [-0.25, -0.2) is 9.59 Å². The molecule has 4 N–H and O–H groups in total. The maximum atomic E-state index is 11.2. The summed E-state index contributed by atoms with van der Waals surface area (Å²) >= 11 is 0. The molecule has 0 aromatic rings. The van der Waals surface area contributed by atoms with E-state index in [1.807, 2.05) is 5.32 Å². The lowest BCUT2D eigenvalue weighted by Gasteiger charge is -2.14. The third-order valence-corrected chi connectivity index (χ3v) is 1.88. The normalized spacial score (nSPS) is 11.2. The number of hydrogen-bond donors (Lipinski definition) is 4. The molecule has 0 saturated carbocycles. The summed E-state index contributed by atoms with van der Waals surface area (Å²) in [6.07, 6.45) is -0.746. The number of likely N-dealkylation sites (N-methyl/N-ethyl adjacent to an activating group) is 1. The molecule has 0 spiro atoms. The van der Waals surface area contributed by atoms with Gasteiger partial charge in [-0.3, -0.25) is 9.59 Å². The quantitative estimate of drug-likeness (QED) is 0.450. The number of hydrogen-bond acceptors (Lipinski definition) is 4. The summed E-state index contributed by atoms with van der Waals surface area (Å²) in [5, 5.41) is 21.2. The van der Waals surface area contributed by atoms with E-state index >= 15 is 0 Å². The number of amides is 3. The first-order valence-electron chi connectivity index (χ1n) is 4.93. The molecular formula is C9H15N3O6. The summed E-state index contributed by atoms with van der Waals surface area (Å²) < 4.78 is 0. The number of aliphatic carboxylic acids is 2. The Kier molecular flexibility index (Phi) is 6.18. The predicted molar refractivity (Wildman–Crippen MR) is 58.9 cm³/mol. The van der Waals surface area contributed by atoms with Gasteiger partial charge in [0.15, 0.2) is 0 Å². The minimum atomic E-state index is -1.54. The van der Waals surface area contributed by atoms with Crippen LogP contribution in [0, 0.1) is 0 Å². The molecule has 0 heterocycles. The summed E-state index contributed by atoms with van der Waals surface area (Å²) in [5.41, 5.74) is 0. The molecule has 18 heavy (non-hydrogen) atoms. The monoisotopic (exact) mass is 261 g/mol. The van der Waals surface area contributed by atoms with Crippen LogP contribution in [-0.4, -0.2) is 65.7 Å². The third-order valence-electron chi connectivity index (χ3n) is 1.88. The fraction of sp³-hybridized carbons (Fsp3) is 0.556. The van der Waals surface area contributed by atoms with Crippen LogP contribution in [0.5, 0.6) is 0 Å². The number of carboxylic acids is 2. The maximum Gasteiger partial charge on any atom is 0.326 e. The Labute approximate surface area is 103 Å². The molecule has 102 valence electrons. The molecule has 0 bridgehead atoms. The van der Waals surface area contributed by atoms with E-state index in [0.717, 1.165) is 0 Å². The van der Waals surface area contributed by atoms with Crippen LogP contribution in [0.15, 0.2) is 0 Å². The zero-order valence-corrected chi connectivity index (χ0v) is 9.97. The van der Waals surface area contributed by atoms with Crippen molar-refractivity contribution < 1.29 is 29.4 Å². The van der Waals surface area contributed by atoms with Gasteiger partial charge in [0.05, 0.1) is 13.0 Å². The second-order valence-electron chi connectivity index (χ2n) is 3.60. The van der Waals surface area contributed by atoms with Crippen LogP contribution in [0.2, 0.25) is 0 Å². The van der Waals surface area contributed by atoms with Crippen LogP contribution in [0.25, 0.3) is 0 Å². The number of urea groups is 1. The van der Waals surface area contributed by atoms with Crippen molar-refractivity contribution in [2.75, 3.05) is 20.6 Å². The maximum absolute atomic E-state index is 11.2. The highest BCUT2D eigenvalue weighted by Crippen LogP contribution is 1.92. The highest BCUT2D eigenvalue weighted by Gasteiger charge is 2.23. The van der Waals surface area contributed by atoms with Crippen LogP contribution < -0.4 is 10.6 Å². The van der Waals surface area contributed by atoms with Crippen LogP contribution >= 0.6 is 0 Å². The van der Waals surface area contributed by atoms with E-state index in [4.69, 9.17) is 10.2 Å². The first kappa shape index (κ1) is 15.7. The van der Waals surface area contributed by atoms with Gasteiger partial charge in [-0.2, -0.15) is 0 Å². The standard InChI is InChI=1S/C9H15N3O6/c1-12(2)6(13)4-10-9(18)11-5(8(16)17)3-7(14)15/h5H,3-4H2,1-2H3,(H,14,15)(H,16,17)(H2,10,11,18)/t5-/m0/s1. The Morgan fingerprint density at radius 1 is 1.17 bits per heavy atom. The molecule has 0 unspecified atom stereocenters. The van der Waals surface area contributed by atoms with Gasteiger partial charge in [-0.1, -0.05) is 0 Å². The zero-order chi connectivity index (χ0) is 14.3. The lowest BCUT2D eigenvalue weighted by molar-refractivity contribution is -0.145. The van der Waals surface area contributed by atoms with Crippen molar-refractivity contribution in [3.63, 3.8) is 0 Å². The Morgan fingerprint density at radius 2 is 1.72 bits per heavy atom. The Balaban J connectivity index is 4.22. The second-order valence-corrected chi connectivity index (χ2v) is 3.60. The van der Waals surface area contributed by atoms with Crippen molar-refractivity contribution in [2.45, 2.75) is 12.5 Å². The summed E-state index contributed by atoms with van der Waals surface area (Å²) in [6, 6.07) is -2.46. The van der Waals surface area contributed by atoms with E-state index in [2.05, 4.69) is 5.32 Å². The van der Waals surface area contributed by atoms with Crippen LogP contribution in [0.3, 0.4) is 0 Å². The molecule has 0 aliphatic heterocycles. The number of nitrogens with zero attached hydrogens (tertiary/aromatic N) is 1. The van der Waals surface area contributed by atoms with E-state index in [-0.39, 0.29) is 12.5 Å². The predicted octanol–water partition coefficient (Wildman–Crippen LogP) is -1.70. The van der Waals surface area contributed by atoms with Crippen LogP contribution in [0.1, 0.15) is 6.42 Å². The van der Waals surface area contributed by atoms with Crippen LogP contribution in [0.4, 0.5) is 4.79 Å². The van der Waals surface area contributed by atoms with Crippen molar-refractivity contribution in [1.29, 1.82) is 0 Å². The highest BCUT2D eigenvalue weighted by molar-refractivity contribution is 5.88. The van der Waals surface area contributed by atoms with E-state index < -0.39 is 30.4 Å². The topological polar surface area (TPSA) is 136 Å². The lowest BCUT2D eigenvalue weighted by atomic mass is 10.2. The minimum Gasteiger partial charge on any atom is -0.481 e. The molecule has 0 aliphatic rings. The summed E-state index contributed by atoms with van der Waals surface area (Å²) in [4.78, 5) is 44.6. The number of nitrogens with one attached hydrogen (secondary N) is 2. The van der Waals surface area contributed by atoms with Crippen LogP contribution in [-0.2, 0) is 14.4 Å². The molecule has 0 radical (unpaired) electrons. The minimum absolute atomic E-state index is 0.307. The van der Waals surface area contributed by atoms with Gasteiger partial charge < -0.3 is 25.7 Å². The first-order chi connectivity index (χ1) is 8.23. The van der Waals surface area contributed by atoms with Gasteiger partial charge in [0.2, 0.25) is 5.91 Å². The van der Waals surface area contributed by atoms with Gasteiger partial charge in [-0.05, 0) is 0 Å². The second kappa shape index (κ2) is 7.09. The SMILES string of the molecule is CN(C)C(=O)CNC(=O)N[C@@H](CC(=O)O)C(=O)O. The Hall–Kier alpha value is -2.32. The summed E-state index contributed by atoms with van der Waals surface area (Å²) in [7, 11) is 2.98. The summed E-state index contributed by atoms with van der Waals surface area (Å²) in [6.45, 7) is -0.307. The van der Waals surface area contributed by atoms with Gasteiger partial charge in [0.25, 0.3) is 0 Å². The summed E-state index contributed by atoms with van der Waals surface area (Å²) in [5.74, 6) is -3.20. The average Bonchev–Trinajstić information content (AvgIpc) is 2.23. The molecule has 0 rings (SSSR count). The molecule has 0 aromatic carbocycles. The third kappa shape index (κ3) is 6.30. The zero-order valence-electron chi connectivity index (χ0n) is 9.97. The van der Waals surface area contributed by atoms with E-state index in [1.165, 1.54) is 19.0 Å². The molecule has 0 aromatic heterocycles. The molecule has 9 heteroatoms. The van der Waals surface area contributed by atoms with E-state index in [1.54, 1.807) is 0 Å². The molecular weight excluding hydrogens is 246 g/mol. The average molecular weight is 261 g/mol. The molecule has 0 aliphatic carbocycles. The molecule has 0 fully saturated rings. The largest absolute Gasteiger partial charge is 0.481 e. The smallest absolute Gasteiger partial charge is 0.326 e.